The Morgan fingerprint density at radius 2 is 1.38 bits per heavy atom. The van der Waals surface area contributed by atoms with E-state index >= 15 is 0 Å². The molecule has 0 bridgehead atoms. The fourth-order valence-electron chi connectivity index (χ4n) is 2.21. The third-order valence-corrected chi connectivity index (χ3v) is 6.33. The third kappa shape index (κ3) is 3.62. The Bertz CT molecular complexity index is 555. The molecule has 0 saturated heterocycles. The van der Waals surface area contributed by atoms with Gasteiger partial charge in [-0.25, -0.2) is 0 Å². The van der Waals surface area contributed by atoms with Gasteiger partial charge in [0.2, 0.25) is 7.29 Å². The lowest BCUT2D eigenvalue weighted by atomic mass is 10.1. The fourth-order valence-corrected chi connectivity index (χ4v) is 4.84. The van der Waals surface area contributed by atoms with Gasteiger partial charge in [-0.2, -0.15) is 0 Å². The molecule has 21 heavy (non-hydrogen) atoms. The van der Waals surface area contributed by atoms with E-state index in [-0.39, 0.29) is 18.6 Å². The van der Waals surface area contributed by atoms with E-state index in [0.717, 1.165) is 10.6 Å². The molecular weight excluding hydrogens is 281 g/mol. The standard InChI is InChI=1S/C17H22NO2P/c1-14(2)17(13-19)18-21(20,15-9-5-3-6-10-15)16-11-7-4-8-12-16/h3-12,14,17,19H,13H2,1-2H3,(H,18,20)/t17-/m1/s1. The lowest BCUT2D eigenvalue weighted by Crippen LogP contribution is -2.40. The third-order valence-electron chi connectivity index (χ3n) is 3.59. The van der Waals surface area contributed by atoms with Gasteiger partial charge >= 0.3 is 0 Å². The molecule has 0 aliphatic rings. The smallest absolute Gasteiger partial charge is 0.204 e. The van der Waals surface area contributed by atoms with Crippen LogP contribution in [0.1, 0.15) is 13.8 Å². The van der Waals surface area contributed by atoms with Crippen LogP contribution in [0.2, 0.25) is 0 Å². The van der Waals surface area contributed by atoms with Gasteiger partial charge in [0.05, 0.1) is 6.61 Å². The molecule has 2 aromatic rings. The average Bonchev–Trinajstić information content (AvgIpc) is 2.53. The summed E-state index contributed by atoms with van der Waals surface area (Å²) in [5.41, 5.74) is 0. The zero-order valence-electron chi connectivity index (χ0n) is 12.4. The van der Waals surface area contributed by atoms with Crippen LogP contribution in [0.4, 0.5) is 0 Å². The summed E-state index contributed by atoms with van der Waals surface area (Å²) in [5, 5.41) is 14.3. The van der Waals surface area contributed by atoms with Gasteiger partial charge in [0, 0.05) is 16.7 Å². The molecule has 0 radical (unpaired) electrons. The maximum atomic E-state index is 13.7. The number of aliphatic hydroxyl groups excluding tert-OH is 1. The average molecular weight is 303 g/mol. The van der Waals surface area contributed by atoms with Crippen molar-refractivity contribution in [3.8, 4) is 0 Å². The number of nitrogens with one attached hydrogen (secondary N) is 1. The Morgan fingerprint density at radius 1 is 0.952 bits per heavy atom. The monoisotopic (exact) mass is 303 g/mol. The molecule has 0 aromatic heterocycles. The van der Waals surface area contributed by atoms with Gasteiger partial charge in [0.15, 0.2) is 0 Å². The Morgan fingerprint density at radius 3 is 1.71 bits per heavy atom. The van der Waals surface area contributed by atoms with Crippen molar-refractivity contribution in [1.82, 2.24) is 5.09 Å². The number of hydrogen-bond acceptors (Lipinski definition) is 2. The summed E-state index contributed by atoms with van der Waals surface area (Å²) in [5.74, 6) is 0.191. The molecule has 2 rings (SSSR count). The van der Waals surface area contributed by atoms with Gasteiger partial charge in [0.25, 0.3) is 0 Å². The lowest BCUT2D eigenvalue weighted by Gasteiger charge is -2.28. The zero-order valence-corrected chi connectivity index (χ0v) is 13.3. The molecule has 0 fully saturated rings. The van der Waals surface area contributed by atoms with Crippen molar-refractivity contribution in [1.29, 1.82) is 0 Å². The van der Waals surface area contributed by atoms with E-state index in [1.54, 1.807) is 0 Å². The normalized spacial score (nSPS) is 13.3. The van der Waals surface area contributed by atoms with Crippen LogP contribution in [-0.4, -0.2) is 17.8 Å². The summed E-state index contributed by atoms with van der Waals surface area (Å²) in [6.07, 6.45) is 0. The molecule has 0 aliphatic carbocycles. The quantitative estimate of drug-likeness (QED) is 0.806. The number of benzene rings is 2. The van der Waals surface area contributed by atoms with Crippen molar-refractivity contribution in [3.63, 3.8) is 0 Å². The van der Waals surface area contributed by atoms with E-state index in [2.05, 4.69) is 5.09 Å². The SMILES string of the molecule is CC(C)[C@@H](CO)NP(=O)(c1ccccc1)c1ccccc1. The first-order chi connectivity index (χ1) is 10.1. The van der Waals surface area contributed by atoms with E-state index in [9.17, 15) is 9.67 Å². The first kappa shape index (κ1) is 16.0. The minimum absolute atomic E-state index is 0.0404. The molecule has 3 nitrogen and oxygen atoms in total. The van der Waals surface area contributed by atoms with Crippen LogP contribution in [0.5, 0.6) is 0 Å². The minimum Gasteiger partial charge on any atom is -0.395 e. The highest BCUT2D eigenvalue weighted by Crippen LogP contribution is 2.39. The molecule has 2 N–H and O–H groups in total. The Kier molecular flexibility index (Phi) is 5.35. The topological polar surface area (TPSA) is 49.3 Å². The van der Waals surface area contributed by atoms with E-state index in [4.69, 9.17) is 0 Å². The summed E-state index contributed by atoms with van der Waals surface area (Å²) in [7, 11) is -2.96. The van der Waals surface area contributed by atoms with Crippen molar-refractivity contribution in [3.05, 3.63) is 60.7 Å². The molecule has 0 spiro atoms. The molecule has 1 atom stereocenters. The minimum atomic E-state index is -2.96. The summed E-state index contributed by atoms with van der Waals surface area (Å²) in [6.45, 7) is 3.98. The van der Waals surface area contributed by atoms with Crippen LogP contribution < -0.4 is 15.7 Å². The molecule has 112 valence electrons. The predicted octanol–water partition coefficient (Wildman–Crippen LogP) is 2.52. The Hall–Kier alpha value is -1.41. The van der Waals surface area contributed by atoms with Crippen molar-refractivity contribution in [2.75, 3.05) is 6.61 Å². The molecule has 0 aliphatic heterocycles. The second-order valence-corrected chi connectivity index (χ2v) is 7.95. The molecule has 0 saturated carbocycles. The summed E-state index contributed by atoms with van der Waals surface area (Å²) >= 11 is 0. The summed E-state index contributed by atoms with van der Waals surface area (Å²) in [4.78, 5) is 0. The maximum Gasteiger partial charge on any atom is 0.204 e. The predicted molar refractivity (Wildman–Crippen MR) is 88.6 cm³/mol. The molecule has 4 heteroatoms. The van der Waals surface area contributed by atoms with E-state index in [1.165, 1.54) is 0 Å². The maximum absolute atomic E-state index is 13.7. The Balaban J connectivity index is 2.48. The number of hydrogen-bond donors (Lipinski definition) is 2. The highest BCUT2D eigenvalue weighted by molar-refractivity contribution is 7.76. The van der Waals surface area contributed by atoms with Crippen molar-refractivity contribution < 1.29 is 9.67 Å². The van der Waals surface area contributed by atoms with Crippen molar-refractivity contribution in [2.45, 2.75) is 19.9 Å². The summed E-state index contributed by atoms with van der Waals surface area (Å²) < 4.78 is 13.7. The van der Waals surface area contributed by atoms with Crippen molar-refractivity contribution in [2.24, 2.45) is 5.92 Å². The van der Waals surface area contributed by atoms with Gasteiger partial charge in [-0.05, 0) is 30.2 Å². The highest BCUT2D eigenvalue weighted by atomic mass is 31.2. The van der Waals surface area contributed by atoms with Gasteiger partial charge in [0.1, 0.15) is 0 Å². The lowest BCUT2D eigenvalue weighted by molar-refractivity contribution is 0.228. The van der Waals surface area contributed by atoms with Gasteiger partial charge in [-0.3, -0.25) is 9.65 Å². The second-order valence-electron chi connectivity index (χ2n) is 5.44. The van der Waals surface area contributed by atoms with Crippen LogP contribution in [0.25, 0.3) is 0 Å². The number of rotatable bonds is 6. The first-order valence-corrected chi connectivity index (χ1v) is 8.88. The molecule has 0 unspecified atom stereocenters. The van der Waals surface area contributed by atoms with Gasteiger partial charge < -0.3 is 5.11 Å². The Labute approximate surface area is 126 Å². The van der Waals surface area contributed by atoms with Crippen LogP contribution in [0.3, 0.4) is 0 Å². The van der Waals surface area contributed by atoms with Gasteiger partial charge in [-0.1, -0.05) is 50.2 Å². The molecular formula is C17H22NO2P. The molecule has 0 amide bonds. The largest absolute Gasteiger partial charge is 0.395 e. The molecule has 0 heterocycles. The highest BCUT2D eigenvalue weighted by Gasteiger charge is 2.30. The fraction of sp³-hybridized carbons (Fsp3) is 0.294. The van der Waals surface area contributed by atoms with Crippen LogP contribution in [0, 0.1) is 5.92 Å². The van der Waals surface area contributed by atoms with Crippen molar-refractivity contribution >= 4 is 17.9 Å². The van der Waals surface area contributed by atoms with Crippen LogP contribution in [-0.2, 0) is 4.57 Å². The molecule has 2 aromatic carbocycles. The van der Waals surface area contributed by atoms with Crippen LogP contribution >= 0.6 is 7.29 Å². The zero-order chi connectivity index (χ0) is 15.3. The second kappa shape index (κ2) is 7.04. The van der Waals surface area contributed by atoms with E-state index in [1.807, 2.05) is 74.5 Å². The first-order valence-electron chi connectivity index (χ1n) is 7.18. The summed E-state index contributed by atoms with van der Waals surface area (Å²) in [6, 6.07) is 18.6. The van der Waals surface area contributed by atoms with E-state index in [0.29, 0.717) is 0 Å². The van der Waals surface area contributed by atoms with E-state index < -0.39 is 7.29 Å². The number of aliphatic hydroxyl groups is 1. The van der Waals surface area contributed by atoms with Gasteiger partial charge in [-0.15, -0.1) is 0 Å². The van der Waals surface area contributed by atoms with Crippen LogP contribution in [0.15, 0.2) is 60.7 Å².